The number of carbonyl (C=O) groups is 2. The number of amides is 2. The number of benzene rings is 2. The highest BCUT2D eigenvalue weighted by Crippen LogP contribution is 2.31. The van der Waals surface area contributed by atoms with Crippen molar-refractivity contribution in [2.24, 2.45) is 0 Å². The summed E-state index contributed by atoms with van der Waals surface area (Å²) in [6.07, 6.45) is 0. The summed E-state index contributed by atoms with van der Waals surface area (Å²) in [6.45, 7) is 6.45. The van der Waals surface area contributed by atoms with E-state index in [-0.39, 0.29) is 18.4 Å². The van der Waals surface area contributed by atoms with Gasteiger partial charge in [0.05, 0.1) is 33.1 Å². The van der Waals surface area contributed by atoms with Crippen LogP contribution in [0, 0.1) is 0 Å². The Kier molecular flexibility index (Phi) is 10.3. The fourth-order valence-corrected chi connectivity index (χ4v) is 5.33. The highest BCUT2D eigenvalue weighted by atomic mass is 35.5. The molecule has 2 aliphatic rings. The highest BCUT2D eigenvalue weighted by Gasteiger charge is 2.26. The Hall–Kier alpha value is -3.93. The van der Waals surface area contributed by atoms with Gasteiger partial charge in [-0.25, -0.2) is 0 Å². The molecule has 2 saturated heterocycles. The summed E-state index contributed by atoms with van der Waals surface area (Å²) < 4.78 is 16.2. The number of aromatic nitrogens is 2. The van der Waals surface area contributed by atoms with Crippen molar-refractivity contribution in [2.75, 3.05) is 91.2 Å². The first kappa shape index (κ1) is 30.5. The SMILES string of the molecule is COc1ccc(-c2ccc(N3CCN(C(=O)CN(CCN4CCOCC4)C(=O)c4ccc(Cl)cc4)CC3)nn2)cc1OC. The van der Waals surface area contributed by atoms with E-state index in [0.29, 0.717) is 74.6 Å². The third kappa shape index (κ3) is 7.73. The van der Waals surface area contributed by atoms with Gasteiger partial charge in [-0.1, -0.05) is 11.6 Å². The molecule has 0 aliphatic carbocycles. The average molecular weight is 609 g/mol. The molecule has 43 heavy (non-hydrogen) atoms. The van der Waals surface area contributed by atoms with E-state index < -0.39 is 0 Å². The van der Waals surface area contributed by atoms with Crippen molar-refractivity contribution in [1.29, 1.82) is 0 Å². The normalized spacial score (nSPS) is 15.7. The molecule has 2 aromatic carbocycles. The topological polar surface area (TPSA) is 101 Å². The maximum atomic E-state index is 13.4. The molecule has 2 amide bonds. The lowest BCUT2D eigenvalue weighted by Crippen LogP contribution is -2.53. The number of rotatable bonds is 10. The lowest BCUT2D eigenvalue weighted by atomic mass is 10.1. The second kappa shape index (κ2) is 14.5. The predicted molar refractivity (Wildman–Crippen MR) is 164 cm³/mol. The molecule has 0 spiro atoms. The Bertz CT molecular complexity index is 1380. The molecule has 0 unspecified atom stereocenters. The van der Waals surface area contributed by atoms with E-state index in [0.717, 1.165) is 30.2 Å². The molecule has 2 aliphatic heterocycles. The first-order chi connectivity index (χ1) is 20.9. The standard InChI is InChI=1S/C31H37ClN6O5/c1-41-27-9-5-24(21-28(27)42-2)26-8-10-29(34-33-26)36-13-15-37(16-14-36)30(39)22-38(12-11-35-17-19-43-20-18-35)31(40)23-3-6-25(32)7-4-23/h3-10,21H,11-20,22H2,1-2H3. The number of halogens is 1. The molecule has 0 N–H and O–H groups in total. The van der Waals surface area contributed by atoms with E-state index in [1.165, 1.54) is 0 Å². The van der Waals surface area contributed by atoms with Gasteiger partial charge in [-0.3, -0.25) is 14.5 Å². The summed E-state index contributed by atoms with van der Waals surface area (Å²) in [5.74, 6) is 1.78. The maximum Gasteiger partial charge on any atom is 0.254 e. The zero-order valence-corrected chi connectivity index (χ0v) is 25.3. The third-order valence-electron chi connectivity index (χ3n) is 7.78. The molecule has 0 bridgehead atoms. The van der Waals surface area contributed by atoms with Crippen molar-refractivity contribution in [3.05, 3.63) is 65.2 Å². The van der Waals surface area contributed by atoms with Crippen LogP contribution in [-0.2, 0) is 9.53 Å². The van der Waals surface area contributed by atoms with Crippen LogP contribution < -0.4 is 14.4 Å². The van der Waals surface area contributed by atoms with E-state index in [1.54, 1.807) is 43.4 Å². The largest absolute Gasteiger partial charge is 0.493 e. The highest BCUT2D eigenvalue weighted by molar-refractivity contribution is 6.30. The van der Waals surface area contributed by atoms with Gasteiger partial charge in [0, 0.05) is 68.5 Å². The summed E-state index contributed by atoms with van der Waals surface area (Å²) >= 11 is 6.03. The molecule has 5 rings (SSSR count). The fourth-order valence-electron chi connectivity index (χ4n) is 5.21. The number of ether oxygens (including phenoxy) is 3. The number of hydrogen-bond acceptors (Lipinski definition) is 9. The second-order valence-electron chi connectivity index (χ2n) is 10.4. The van der Waals surface area contributed by atoms with Crippen molar-refractivity contribution >= 4 is 29.2 Å². The molecule has 2 fully saturated rings. The molecule has 11 nitrogen and oxygen atoms in total. The molecule has 1 aromatic heterocycles. The Morgan fingerprint density at radius 2 is 1.60 bits per heavy atom. The number of carbonyl (C=O) groups excluding carboxylic acids is 2. The van der Waals surface area contributed by atoms with Crippen LogP contribution in [0.2, 0.25) is 5.02 Å². The zero-order valence-electron chi connectivity index (χ0n) is 24.6. The lowest BCUT2D eigenvalue weighted by molar-refractivity contribution is -0.132. The van der Waals surface area contributed by atoms with Crippen LogP contribution in [0.3, 0.4) is 0 Å². The zero-order chi connectivity index (χ0) is 30.2. The van der Waals surface area contributed by atoms with Crippen LogP contribution in [0.4, 0.5) is 5.82 Å². The summed E-state index contributed by atoms with van der Waals surface area (Å²) in [4.78, 5) is 34.7. The summed E-state index contributed by atoms with van der Waals surface area (Å²) in [5.41, 5.74) is 2.11. The first-order valence-electron chi connectivity index (χ1n) is 14.4. The molecule has 0 radical (unpaired) electrons. The van der Waals surface area contributed by atoms with Gasteiger partial charge >= 0.3 is 0 Å². The molecular weight excluding hydrogens is 572 g/mol. The Balaban J connectivity index is 1.18. The van der Waals surface area contributed by atoms with Crippen molar-refractivity contribution in [2.45, 2.75) is 0 Å². The van der Waals surface area contributed by atoms with E-state index in [2.05, 4.69) is 20.0 Å². The van der Waals surface area contributed by atoms with Gasteiger partial charge in [0.25, 0.3) is 5.91 Å². The fraction of sp³-hybridized carbons (Fsp3) is 0.419. The minimum Gasteiger partial charge on any atom is -0.493 e. The van der Waals surface area contributed by atoms with Gasteiger partial charge in [-0.05, 0) is 54.6 Å². The summed E-state index contributed by atoms with van der Waals surface area (Å²) in [6, 6.07) is 16.3. The van der Waals surface area contributed by atoms with Crippen LogP contribution in [0.1, 0.15) is 10.4 Å². The molecule has 3 heterocycles. The van der Waals surface area contributed by atoms with Gasteiger partial charge in [0.1, 0.15) is 6.54 Å². The predicted octanol–water partition coefficient (Wildman–Crippen LogP) is 2.94. The Labute approximate surface area is 256 Å². The Morgan fingerprint density at radius 3 is 2.26 bits per heavy atom. The van der Waals surface area contributed by atoms with Gasteiger partial charge in [-0.15, -0.1) is 10.2 Å². The average Bonchev–Trinajstić information content (AvgIpc) is 3.07. The lowest BCUT2D eigenvalue weighted by Gasteiger charge is -2.36. The summed E-state index contributed by atoms with van der Waals surface area (Å²) in [5, 5.41) is 9.44. The molecule has 0 saturated carbocycles. The quantitative estimate of drug-likeness (QED) is 0.344. The second-order valence-corrected chi connectivity index (χ2v) is 10.8. The molecule has 228 valence electrons. The van der Waals surface area contributed by atoms with Crippen molar-refractivity contribution in [3.63, 3.8) is 0 Å². The molecule has 12 heteroatoms. The maximum absolute atomic E-state index is 13.4. The molecule has 3 aromatic rings. The van der Waals surface area contributed by atoms with Crippen LogP contribution >= 0.6 is 11.6 Å². The minimum absolute atomic E-state index is 0.0195. The monoisotopic (exact) mass is 608 g/mol. The van der Waals surface area contributed by atoms with E-state index in [9.17, 15) is 9.59 Å². The van der Waals surface area contributed by atoms with Crippen LogP contribution in [0.25, 0.3) is 11.3 Å². The number of morpholine rings is 1. The number of piperazine rings is 1. The van der Waals surface area contributed by atoms with Crippen molar-refractivity contribution in [1.82, 2.24) is 24.9 Å². The first-order valence-corrected chi connectivity index (χ1v) is 14.8. The van der Waals surface area contributed by atoms with Crippen LogP contribution in [0.5, 0.6) is 11.5 Å². The van der Waals surface area contributed by atoms with Crippen molar-refractivity contribution in [3.8, 4) is 22.8 Å². The number of nitrogens with zero attached hydrogens (tertiary/aromatic N) is 6. The van der Waals surface area contributed by atoms with E-state index in [4.69, 9.17) is 25.8 Å². The number of methoxy groups -OCH3 is 2. The molecule has 0 atom stereocenters. The van der Waals surface area contributed by atoms with Gasteiger partial charge < -0.3 is 28.9 Å². The number of anilines is 1. The Morgan fingerprint density at radius 1 is 0.884 bits per heavy atom. The minimum atomic E-state index is -0.179. The van der Waals surface area contributed by atoms with Crippen molar-refractivity contribution < 1.29 is 23.8 Å². The molecular formula is C31H37ClN6O5. The van der Waals surface area contributed by atoms with Crippen LogP contribution in [-0.4, -0.2) is 123 Å². The van der Waals surface area contributed by atoms with E-state index >= 15 is 0 Å². The van der Waals surface area contributed by atoms with Crippen LogP contribution in [0.15, 0.2) is 54.6 Å². The summed E-state index contributed by atoms with van der Waals surface area (Å²) in [7, 11) is 3.20. The third-order valence-corrected chi connectivity index (χ3v) is 8.03. The van der Waals surface area contributed by atoms with Gasteiger partial charge in [0.15, 0.2) is 17.3 Å². The smallest absolute Gasteiger partial charge is 0.254 e. The van der Waals surface area contributed by atoms with Gasteiger partial charge in [-0.2, -0.15) is 0 Å². The number of hydrogen-bond donors (Lipinski definition) is 0. The van der Waals surface area contributed by atoms with Gasteiger partial charge in [0.2, 0.25) is 5.91 Å². The van der Waals surface area contributed by atoms with E-state index in [1.807, 2.05) is 35.2 Å².